The van der Waals surface area contributed by atoms with E-state index in [0.29, 0.717) is 18.5 Å². The predicted octanol–water partition coefficient (Wildman–Crippen LogP) is 2.44. The van der Waals surface area contributed by atoms with Crippen LogP contribution in [0.3, 0.4) is 0 Å². The molecule has 3 rings (SSSR count). The quantitative estimate of drug-likeness (QED) is 0.815. The highest BCUT2D eigenvalue weighted by atomic mass is 15.2. The van der Waals surface area contributed by atoms with Crippen molar-refractivity contribution in [3.8, 4) is 6.07 Å². The summed E-state index contributed by atoms with van der Waals surface area (Å²) in [5.74, 6) is 1.58. The van der Waals surface area contributed by atoms with Gasteiger partial charge in [-0.3, -0.25) is 4.90 Å². The van der Waals surface area contributed by atoms with E-state index in [9.17, 15) is 0 Å². The molecule has 1 aliphatic heterocycles. The lowest BCUT2D eigenvalue weighted by molar-refractivity contribution is 0.154. The Morgan fingerprint density at radius 1 is 1.14 bits per heavy atom. The van der Waals surface area contributed by atoms with Gasteiger partial charge in [0.05, 0.1) is 12.6 Å². The van der Waals surface area contributed by atoms with Crippen molar-refractivity contribution < 1.29 is 0 Å². The van der Waals surface area contributed by atoms with E-state index in [0.717, 1.165) is 25.4 Å². The molecule has 3 heteroatoms. The summed E-state index contributed by atoms with van der Waals surface area (Å²) in [4.78, 5) is 2.32. The Balaban J connectivity index is 1.57. The van der Waals surface area contributed by atoms with Crippen molar-refractivity contribution in [3.63, 3.8) is 0 Å². The van der Waals surface area contributed by atoms with Gasteiger partial charge in [-0.2, -0.15) is 5.26 Å². The molecule has 3 nitrogen and oxygen atoms in total. The molecule has 1 aromatic carbocycles. The largest absolute Gasteiger partial charge is 0.312 e. The molecule has 1 N–H and O–H groups in total. The highest BCUT2D eigenvalue weighted by Crippen LogP contribution is 2.28. The number of rotatable bonds is 6. The van der Waals surface area contributed by atoms with Crippen LogP contribution in [0, 0.1) is 23.2 Å². The monoisotopic (exact) mass is 283 g/mol. The van der Waals surface area contributed by atoms with Crippen molar-refractivity contribution in [2.45, 2.75) is 31.7 Å². The SMILES string of the molecule is N#CCN1CC(Cc2ccccc2)CC(NCC2CC2)C1. The summed E-state index contributed by atoms with van der Waals surface area (Å²) < 4.78 is 0. The van der Waals surface area contributed by atoms with E-state index in [-0.39, 0.29) is 0 Å². The maximum absolute atomic E-state index is 9.00. The Bertz CT molecular complexity index is 475. The summed E-state index contributed by atoms with van der Waals surface area (Å²) in [5.41, 5.74) is 1.42. The second-order valence-electron chi connectivity index (χ2n) is 6.69. The Morgan fingerprint density at radius 3 is 2.67 bits per heavy atom. The van der Waals surface area contributed by atoms with Crippen LogP contribution in [0.15, 0.2) is 30.3 Å². The third-order valence-corrected chi connectivity index (χ3v) is 4.67. The smallest absolute Gasteiger partial charge is 0.0866 e. The van der Waals surface area contributed by atoms with E-state index >= 15 is 0 Å². The number of piperidine rings is 1. The van der Waals surface area contributed by atoms with Gasteiger partial charge in [0.2, 0.25) is 0 Å². The molecule has 21 heavy (non-hydrogen) atoms. The first-order valence-corrected chi connectivity index (χ1v) is 8.20. The first-order chi connectivity index (χ1) is 10.3. The molecule has 1 aliphatic carbocycles. The van der Waals surface area contributed by atoms with Crippen LogP contribution in [-0.2, 0) is 6.42 Å². The molecule has 1 saturated carbocycles. The second kappa shape index (κ2) is 7.06. The lowest BCUT2D eigenvalue weighted by Gasteiger charge is -2.37. The van der Waals surface area contributed by atoms with Crippen LogP contribution in [0.25, 0.3) is 0 Å². The summed E-state index contributed by atoms with van der Waals surface area (Å²) in [6, 6.07) is 13.6. The van der Waals surface area contributed by atoms with Gasteiger partial charge in [-0.25, -0.2) is 0 Å². The third kappa shape index (κ3) is 4.56. The van der Waals surface area contributed by atoms with Gasteiger partial charge in [-0.1, -0.05) is 30.3 Å². The Kier molecular flexibility index (Phi) is 4.90. The maximum Gasteiger partial charge on any atom is 0.0866 e. The minimum atomic E-state index is 0.557. The summed E-state index contributed by atoms with van der Waals surface area (Å²) in [7, 11) is 0. The molecule has 2 unspecified atom stereocenters. The molecule has 1 heterocycles. The van der Waals surface area contributed by atoms with Crippen LogP contribution >= 0.6 is 0 Å². The fraction of sp³-hybridized carbons (Fsp3) is 0.611. The van der Waals surface area contributed by atoms with Gasteiger partial charge in [-0.15, -0.1) is 0 Å². The molecule has 1 saturated heterocycles. The normalized spacial score (nSPS) is 26.4. The fourth-order valence-corrected chi connectivity index (χ4v) is 3.43. The van der Waals surface area contributed by atoms with Gasteiger partial charge >= 0.3 is 0 Å². The van der Waals surface area contributed by atoms with Crippen LogP contribution in [0.2, 0.25) is 0 Å². The average molecular weight is 283 g/mol. The zero-order valence-corrected chi connectivity index (χ0v) is 12.7. The number of hydrogen-bond acceptors (Lipinski definition) is 3. The standard InChI is InChI=1S/C18H25N3/c19-8-9-21-13-17(10-15-4-2-1-3-5-15)11-18(14-21)20-12-16-6-7-16/h1-5,16-18,20H,6-7,9-14H2. The molecule has 0 aromatic heterocycles. The van der Waals surface area contributed by atoms with Crippen LogP contribution in [-0.4, -0.2) is 37.1 Å². The Morgan fingerprint density at radius 2 is 1.95 bits per heavy atom. The number of nitrogens with zero attached hydrogens (tertiary/aromatic N) is 2. The van der Waals surface area contributed by atoms with Gasteiger partial charge < -0.3 is 5.32 Å². The second-order valence-corrected chi connectivity index (χ2v) is 6.69. The van der Waals surface area contributed by atoms with E-state index < -0.39 is 0 Å². The van der Waals surface area contributed by atoms with Crippen LogP contribution in [0.1, 0.15) is 24.8 Å². The highest BCUT2D eigenvalue weighted by Gasteiger charge is 2.29. The van der Waals surface area contributed by atoms with E-state index in [2.05, 4.69) is 46.6 Å². The minimum absolute atomic E-state index is 0.557. The highest BCUT2D eigenvalue weighted by molar-refractivity contribution is 5.15. The van der Waals surface area contributed by atoms with Gasteiger partial charge in [0.1, 0.15) is 0 Å². The molecule has 0 bridgehead atoms. The summed E-state index contributed by atoms with van der Waals surface area (Å²) in [6.07, 6.45) is 5.16. The average Bonchev–Trinajstić information content (AvgIpc) is 3.31. The summed E-state index contributed by atoms with van der Waals surface area (Å²) in [6.45, 7) is 3.83. The molecule has 112 valence electrons. The Labute approximate surface area is 128 Å². The van der Waals surface area contributed by atoms with Gasteiger partial charge in [0.15, 0.2) is 0 Å². The number of nitrogens with one attached hydrogen (secondary N) is 1. The topological polar surface area (TPSA) is 39.1 Å². The van der Waals surface area contributed by atoms with E-state index in [4.69, 9.17) is 5.26 Å². The van der Waals surface area contributed by atoms with Crippen molar-refractivity contribution >= 4 is 0 Å². The zero-order valence-electron chi connectivity index (χ0n) is 12.7. The molecule has 0 spiro atoms. The molecule has 2 fully saturated rings. The first-order valence-electron chi connectivity index (χ1n) is 8.20. The molecular formula is C18H25N3. The fourth-order valence-electron chi connectivity index (χ4n) is 3.43. The third-order valence-electron chi connectivity index (χ3n) is 4.67. The van der Waals surface area contributed by atoms with Crippen molar-refractivity contribution in [2.24, 2.45) is 11.8 Å². The predicted molar refractivity (Wildman–Crippen MR) is 84.8 cm³/mol. The lowest BCUT2D eigenvalue weighted by Crippen LogP contribution is -2.50. The molecule has 0 amide bonds. The lowest BCUT2D eigenvalue weighted by atomic mass is 9.88. The van der Waals surface area contributed by atoms with Crippen molar-refractivity contribution in [3.05, 3.63) is 35.9 Å². The van der Waals surface area contributed by atoms with Crippen LogP contribution in [0.4, 0.5) is 0 Å². The van der Waals surface area contributed by atoms with Gasteiger partial charge in [-0.05, 0) is 49.6 Å². The molecule has 1 aromatic rings. The zero-order chi connectivity index (χ0) is 14.5. The number of benzene rings is 1. The summed E-state index contributed by atoms with van der Waals surface area (Å²) >= 11 is 0. The van der Waals surface area contributed by atoms with Crippen LogP contribution in [0.5, 0.6) is 0 Å². The Hall–Kier alpha value is -1.37. The van der Waals surface area contributed by atoms with Crippen molar-refractivity contribution in [2.75, 3.05) is 26.2 Å². The van der Waals surface area contributed by atoms with Crippen molar-refractivity contribution in [1.82, 2.24) is 10.2 Å². The molecule has 2 aliphatic rings. The molecule has 0 radical (unpaired) electrons. The van der Waals surface area contributed by atoms with Gasteiger partial charge in [0.25, 0.3) is 0 Å². The number of nitriles is 1. The molecule has 2 atom stereocenters. The minimum Gasteiger partial charge on any atom is -0.312 e. The maximum atomic E-state index is 9.00. The van der Waals surface area contributed by atoms with E-state index in [1.165, 1.54) is 31.4 Å². The van der Waals surface area contributed by atoms with Crippen LogP contribution < -0.4 is 5.32 Å². The first kappa shape index (κ1) is 14.6. The number of likely N-dealkylation sites (tertiary alicyclic amines) is 1. The molecular weight excluding hydrogens is 258 g/mol. The van der Waals surface area contributed by atoms with Gasteiger partial charge in [0, 0.05) is 19.1 Å². The number of hydrogen-bond donors (Lipinski definition) is 1. The van der Waals surface area contributed by atoms with E-state index in [1.54, 1.807) is 0 Å². The van der Waals surface area contributed by atoms with Crippen molar-refractivity contribution in [1.29, 1.82) is 5.26 Å². The van der Waals surface area contributed by atoms with E-state index in [1.807, 2.05) is 0 Å². The summed E-state index contributed by atoms with van der Waals surface area (Å²) in [5, 5.41) is 12.7.